The molecule has 0 aliphatic carbocycles. The summed E-state index contributed by atoms with van der Waals surface area (Å²) in [5.74, 6) is 2.04. The summed E-state index contributed by atoms with van der Waals surface area (Å²) in [6, 6.07) is 2.05. The number of anilines is 1. The number of nitrogens with zero attached hydrogens (tertiary/aromatic N) is 1. The zero-order chi connectivity index (χ0) is 13.0. The van der Waals surface area contributed by atoms with Crippen LogP contribution in [0.4, 0.5) is 5.69 Å². The maximum absolute atomic E-state index is 5.91. The maximum atomic E-state index is 5.91. The van der Waals surface area contributed by atoms with Crippen LogP contribution in [0.15, 0.2) is 12.3 Å². The first-order chi connectivity index (χ1) is 7.91. The molecule has 0 amide bonds. The lowest BCUT2D eigenvalue weighted by Crippen LogP contribution is -2.24. The fraction of sp³-hybridized carbons (Fsp3) is 0.643. The third-order valence-corrected chi connectivity index (χ3v) is 3.66. The number of pyridine rings is 1. The fourth-order valence-corrected chi connectivity index (χ4v) is 2.24. The number of hydrogen-bond donors (Lipinski definition) is 1. The van der Waals surface area contributed by atoms with E-state index < -0.39 is 0 Å². The molecule has 0 bridgehead atoms. The van der Waals surface area contributed by atoms with Crippen molar-refractivity contribution in [2.24, 2.45) is 17.8 Å². The van der Waals surface area contributed by atoms with Gasteiger partial charge in [0.05, 0.1) is 11.9 Å². The van der Waals surface area contributed by atoms with Crippen LogP contribution in [0.3, 0.4) is 0 Å². The maximum Gasteiger partial charge on any atom is 0.132 e. The molecule has 1 aromatic heterocycles. The van der Waals surface area contributed by atoms with E-state index in [9.17, 15) is 0 Å². The quantitative estimate of drug-likeness (QED) is 0.789. The predicted octanol–water partition coefficient (Wildman–Crippen LogP) is 4.38. The first kappa shape index (κ1) is 14.3. The average Bonchev–Trinajstić information content (AvgIpc) is 2.22. The van der Waals surface area contributed by atoms with Crippen molar-refractivity contribution in [1.29, 1.82) is 0 Å². The van der Waals surface area contributed by atoms with Crippen LogP contribution in [0.2, 0.25) is 5.15 Å². The summed E-state index contributed by atoms with van der Waals surface area (Å²) < 4.78 is 0. The van der Waals surface area contributed by atoms with Crippen molar-refractivity contribution >= 4 is 17.3 Å². The SMILES string of the molecule is Cc1cc(NCC(C(C)C)C(C)C)cnc1Cl. The second-order valence-corrected chi connectivity index (χ2v) is 5.72. The third-order valence-electron chi connectivity index (χ3n) is 3.27. The highest BCUT2D eigenvalue weighted by Crippen LogP contribution is 2.22. The van der Waals surface area contributed by atoms with Crippen molar-refractivity contribution in [3.05, 3.63) is 23.0 Å². The molecule has 0 radical (unpaired) electrons. The summed E-state index contributed by atoms with van der Waals surface area (Å²) in [6.45, 7) is 12.1. The lowest BCUT2D eigenvalue weighted by molar-refractivity contribution is 0.304. The Morgan fingerprint density at radius 2 is 1.82 bits per heavy atom. The molecule has 0 fully saturated rings. The van der Waals surface area contributed by atoms with Gasteiger partial charge in [0.1, 0.15) is 5.15 Å². The minimum Gasteiger partial charge on any atom is -0.383 e. The Bertz CT molecular complexity index is 353. The molecule has 0 aromatic carbocycles. The van der Waals surface area contributed by atoms with Crippen molar-refractivity contribution in [2.45, 2.75) is 34.6 Å². The number of nitrogens with one attached hydrogen (secondary N) is 1. The van der Waals surface area contributed by atoms with Gasteiger partial charge in [-0.05, 0) is 36.3 Å². The summed E-state index contributed by atoms with van der Waals surface area (Å²) in [6.07, 6.45) is 1.80. The van der Waals surface area contributed by atoms with Crippen LogP contribution in [0.1, 0.15) is 33.3 Å². The normalized spacial score (nSPS) is 11.6. The van der Waals surface area contributed by atoms with Gasteiger partial charge >= 0.3 is 0 Å². The van der Waals surface area contributed by atoms with Gasteiger partial charge in [-0.15, -0.1) is 0 Å². The zero-order valence-electron chi connectivity index (χ0n) is 11.4. The Balaban J connectivity index is 2.62. The summed E-state index contributed by atoms with van der Waals surface area (Å²) in [4.78, 5) is 4.15. The van der Waals surface area contributed by atoms with Gasteiger partial charge in [0.15, 0.2) is 0 Å². The van der Waals surface area contributed by atoms with E-state index in [0.29, 0.717) is 22.9 Å². The molecule has 2 nitrogen and oxygen atoms in total. The Hall–Kier alpha value is -0.760. The zero-order valence-corrected chi connectivity index (χ0v) is 12.2. The van der Waals surface area contributed by atoms with Crippen LogP contribution >= 0.6 is 11.6 Å². The molecule has 17 heavy (non-hydrogen) atoms. The largest absolute Gasteiger partial charge is 0.383 e. The first-order valence-corrected chi connectivity index (χ1v) is 6.65. The van der Waals surface area contributed by atoms with E-state index in [2.05, 4.69) is 38.0 Å². The third kappa shape index (κ3) is 4.19. The number of halogens is 1. The summed E-state index contributed by atoms with van der Waals surface area (Å²) >= 11 is 5.91. The monoisotopic (exact) mass is 254 g/mol. The lowest BCUT2D eigenvalue weighted by Gasteiger charge is -2.25. The van der Waals surface area contributed by atoms with Crippen LogP contribution < -0.4 is 5.32 Å². The van der Waals surface area contributed by atoms with E-state index >= 15 is 0 Å². The van der Waals surface area contributed by atoms with Crippen molar-refractivity contribution in [3.63, 3.8) is 0 Å². The van der Waals surface area contributed by atoms with Gasteiger partial charge in [0.25, 0.3) is 0 Å². The van der Waals surface area contributed by atoms with Gasteiger partial charge in [-0.3, -0.25) is 0 Å². The molecule has 0 spiro atoms. The van der Waals surface area contributed by atoms with Gasteiger partial charge in [-0.25, -0.2) is 4.98 Å². The summed E-state index contributed by atoms with van der Waals surface area (Å²) in [5.41, 5.74) is 2.07. The topological polar surface area (TPSA) is 24.9 Å². The highest BCUT2D eigenvalue weighted by Gasteiger charge is 2.17. The van der Waals surface area contributed by atoms with Crippen molar-refractivity contribution in [2.75, 3.05) is 11.9 Å². The number of hydrogen-bond acceptors (Lipinski definition) is 2. The highest BCUT2D eigenvalue weighted by molar-refractivity contribution is 6.30. The molecular weight excluding hydrogens is 232 g/mol. The molecule has 0 aliphatic heterocycles. The molecule has 0 saturated carbocycles. The highest BCUT2D eigenvalue weighted by atomic mass is 35.5. The van der Waals surface area contributed by atoms with Gasteiger partial charge in [0.2, 0.25) is 0 Å². The number of aromatic nitrogens is 1. The van der Waals surface area contributed by atoms with E-state index in [1.807, 2.05) is 13.0 Å². The Labute approximate surface area is 110 Å². The average molecular weight is 255 g/mol. The van der Waals surface area contributed by atoms with Crippen molar-refractivity contribution in [3.8, 4) is 0 Å². The molecule has 0 saturated heterocycles. The molecule has 1 aromatic rings. The molecule has 3 heteroatoms. The fourth-order valence-electron chi connectivity index (χ4n) is 2.13. The standard InChI is InChI=1S/C14H23ClN2/c1-9(2)13(10(3)4)8-16-12-6-11(5)14(15)17-7-12/h6-7,9-10,13,16H,8H2,1-5H3. The Morgan fingerprint density at radius 1 is 1.24 bits per heavy atom. The minimum atomic E-state index is 0.583. The molecular formula is C14H23ClN2. The molecule has 0 unspecified atom stereocenters. The molecule has 1 N–H and O–H groups in total. The van der Waals surface area contributed by atoms with Crippen molar-refractivity contribution < 1.29 is 0 Å². The Kier molecular flexibility index (Phi) is 5.26. The first-order valence-electron chi connectivity index (χ1n) is 6.27. The van der Waals surface area contributed by atoms with Gasteiger partial charge in [-0.1, -0.05) is 39.3 Å². The smallest absolute Gasteiger partial charge is 0.132 e. The number of aryl methyl sites for hydroxylation is 1. The second-order valence-electron chi connectivity index (χ2n) is 5.36. The van der Waals surface area contributed by atoms with Gasteiger partial charge in [-0.2, -0.15) is 0 Å². The Morgan fingerprint density at radius 3 is 2.29 bits per heavy atom. The van der Waals surface area contributed by atoms with Gasteiger partial charge in [0, 0.05) is 6.54 Å². The molecule has 96 valence electrons. The molecule has 1 heterocycles. The lowest BCUT2D eigenvalue weighted by atomic mass is 9.85. The van der Waals surface area contributed by atoms with Crippen molar-refractivity contribution in [1.82, 2.24) is 4.98 Å². The van der Waals surface area contributed by atoms with Crippen LogP contribution in [0.5, 0.6) is 0 Å². The van der Waals surface area contributed by atoms with E-state index in [1.165, 1.54) is 0 Å². The van der Waals surface area contributed by atoms with E-state index in [-0.39, 0.29) is 0 Å². The van der Waals surface area contributed by atoms with Gasteiger partial charge < -0.3 is 5.32 Å². The van der Waals surface area contributed by atoms with Crippen LogP contribution in [0, 0.1) is 24.7 Å². The van der Waals surface area contributed by atoms with Crippen LogP contribution in [0.25, 0.3) is 0 Å². The van der Waals surface area contributed by atoms with E-state index in [4.69, 9.17) is 11.6 Å². The van der Waals surface area contributed by atoms with Crippen LogP contribution in [-0.4, -0.2) is 11.5 Å². The predicted molar refractivity (Wildman–Crippen MR) is 75.6 cm³/mol. The molecule has 1 rings (SSSR count). The summed E-state index contributed by atoms with van der Waals surface area (Å²) in [7, 11) is 0. The van der Waals surface area contributed by atoms with E-state index in [0.717, 1.165) is 17.8 Å². The second kappa shape index (κ2) is 6.25. The minimum absolute atomic E-state index is 0.583. The van der Waals surface area contributed by atoms with Crippen LogP contribution in [-0.2, 0) is 0 Å². The molecule has 0 aliphatic rings. The number of rotatable bonds is 5. The van der Waals surface area contributed by atoms with E-state index in [1.54, 1.807) is 6.20 Å². The summed E-state index contributed by atoms with van der Waals surface area (Å²) in [5, 5.41) is 4.04. The molecule has 0 atom stereocenters.